The van der Waals surface area contributed by atoms with Crippen molar-refractivity contribution < 1.29 is 9.53 Å². The third-order valence-corrected chi connectivity index (χ3v) is 6.41. The van der Waals surface area contributed by atoms with Crippen LogP contribution in [0.3, 0.4) is 0 Å². The largest absolute Gasteiger partial charge is 0.497 e. The quantitative estimate of drug-likeness (QED) is 0.268. The van der Waals surface area contributed by atoms with Gasteiger partial charge in [0.25, 0.3) is 11.5 Å². The Labute approximate surface area is 204 Å². The summed E-state index contributed by atoms with van der Waals surface area (Å²) in [5.74, 6) is 0.986. The van der Waals surface area contributed by atoms with Crippen molar-refractivity contribution in [1.82, 2.24) is 9.55 Å². The highest BCUT2D eigenvalue weighted by Crippen LogP contribution is 2.37. The van der Waals surface area contributed by atoms with E-state index in [1.165, 1.54) is 0 Å². The number of benzene rings is 3. The Hall–Kier alpha value is -3.46. The van der Waals surface area contributed by atoms with Crippen molar-refractivity contribution in [2.24, 2.45) is 0 Å². The molecule has 0 bridgehead atoms. The highest BCUT2D eigenvalue weighted by Gasteiger charge is 2.31. The maximum Gasteiger partial charge on any atom is 0.266 e. The summed E-state index contributed by atoms with van der Waals surface area (Å²) in [6, 6.07) is 20.5. The summed E-state index contributed by atoms with van der Waals surface area (Å²) in [7, 11) is 1.60. The molecule has 164 valence electrons. The Bertz CT molecular complexity index is 1490. The van der Waals surface area contributed by atoms with Gasteiger partial charge in [-0.2, -0.15) is 0 Å². The molecule has 0 atom stereocenters. The number of para-hydroxylation sites is 1. The van der Waals surface area contributed by atoms with Gasteiger partial charge in [-0.1, -0.05) is 18.2 Å². The second-order valence-corrected chi connectivity index (χ2v) is 8.84. The number of aromatic nitrogens is 2. The van der Waals surface area contributed by atoms with E-state index in [4.69, 9.17) is 9.72 Å². The molecular weight excluding hydrogens is 529 g/mol. The van der Waals surface area contributed by atoms with Crippen LogP contribution in [0.4, 0.5) is 5.69 Å². The van der Waals surface area contributed by atoms with Gasteiger partial charge in [-0.25, -0.2) is 4.98 Å². The van der Waals surface area contributed by atoms with Crippen molar-refractivity contribution in [3.8, 4) is 11.4 Å². The minimum Gasteiger partial charge on any atom is -0.497 e. The van der Waals surface area contributed by atoms with Crippen molar-refractivity contribution in [2.45, 2.75) is 6.92 Å². The van der Waals surface area contributed by atoms with Crippen molar-refractivity contribution in [3.05, 3.63) is 92.0 Å². The van der Waals surface area contributed by atoms with Crippen LogP contribution in [0, 0.1) is 3.57 Å². The van der Waals surface area contributed by atoms with E-state index in [2.05, 4.69) is 22.6 Å². The monoisotopic (exact) mass is 549 g/mol. The van der Waals surface area contributed by atoms with E-state index < -0.39 is 0 Å². The number of likely N-dealkylation sites (N-methyl/N-ethyl adjacent to an activating group) is 1. The minimum absolute atomic E-state index is 0.100. The first kappa shape index (κ1) is 21.4. The zero-order valence-corrected chi connectivity index (χ0v) is 20.2. The molecule has 6 nitrogen and oxygen atoms in total. The summed E-state index contributed by atoms with van der Waals surface area (Å²) in [5.41, 5.74) is 3.26. The molecule has 0 radical (unpaired) electrons. The number of nitrogens with zero attached hydrogens (tertiary/aromatic N) is 3. The van der Waals surface area contributed by atoms with Crippen molar-refractivity contribution in [2.75, 3.05) is 18.6 Å². The van der Waals surface area contributed by atoms with Crippen LogP contribution >= 0.6 is 22.6 Å². The number of hydrogen-bond acceptors (Lipinski definition) is 4. The summed E-state index contributed by atoms with van der Waals surface area (Å²) in [5, 5.41) is 0.521. The van der Waals surface area contributed by atoms with Gasteiger partial charge in [0.2, 0.25) is 0 Å². The second-order valence-electron chi connectivity index (χ2n) is 7.59. The predicted molar refractivity (Wildman–Crippen MR) is 139 cm³/mol. The highest BCUT2D eigenvalue weighted by atomic mass is 127. The number of carbonyl (C=O) groups is 1. The number of rotatable bonds is 4. The summed E-state index contributed by atoms with van der Waals surface area (Å²) in [6.45, 7) is 2.50. The third-order valence-electron chi connectivity index (χ3n) is 5.74. The molecule has 0 fully saturated rings. The topological polar surface area (TPSA) is 64.4 Å². The van der Waals surface area contributed by atoms with Gasteiger partial charge in [0.1, 0.15) is 11.6 Å². The van der Waals surface area contributed by atoms with E-state index in [1.807, 2.05) is 61.5 Å². The Morgan fingerprint density at radius 2 is 1.79 bits per heavy atom. The third kappa shape index (κ3) is 3.62. The lowest BCUT2D eigenvalue weighted by Gasteiger charge is -2.14. The van der Waals surface area contributed by atoms with Gasteiger partial charge in [-0.15, -0.1) is 0 Å². The molecule has 0 aliphatic carbocycles. The van der Waals surface area contributed by atoms with Crippen molar-refractivity contribution in [3.63, 3.8) is 0 Å². The van der Waals surface area contributed by atoms with E-state index in [0.29, 0.717) is 40.3 Å². The molecule has 0 saturated heterocycles. The lowest BCUT2D eigenvalue weighted by Crippen LogP contribution is -2.26. The van der Waals surface area contributed by atoms with Crippen molar-refractivity contribution >= 4 is 56.7 Å². The normalized spacial score (nSPS) is 14.2. The first-order valence-electron chi connectivity index (χ1n) is 10.5. The lowest BCUT2D eigenvalue weighted by molar-refractivity contribution is -0.112. The Morgan fingerprint density at radius 3 is 2.52 bits per heavy atom. The van der Waals surface area contributed by atoms with Gasteiger partial charge in [0.15, 0.2) is 0 Å². The van der Waals surface area contributed by atoms with Crippen LogP contribution in [0.2, 0.25) is 0 Å². The standard InChI is InChI=1S/C26H20IN3O3/c1-3-29-23-7-5-4-6-19(23)20(25(29)31)15-24-28-22-13-8-16(27)14-21(22)26(32)30(24)17-9-11-18(33-2)12-10-17/h4-15H,3H2,1-2H3/b20-15+. The van der Waals surface area contributed by atoms with Gasteiger partial charge in [0.05, 0.1) is 35.0 Å². The molecule has 3 aromatic carbocycles. The SMILES string of the molecule is CCN1C(=O)/C(=C/c2nc3ccc(I)cc3c(=O)n2-c2ccc(OC)cc2)c2ccccc21. The van der Waals surface area contributed by atoms with Crippen LogP contribution in [-0.2, 0) is 4.79 Å². The van der Waals surface area contributed by atoms with Crippen molar-refractivity contribution in [1.29, 1.82) is 0 Å². The van der Waals surface area contributed by atoms with E-state index >= 15 is 0 Å². The number of ether oxygens (including phenoxy) is 1. The Kier molecular flexibility index (Phi) is 5.49. The number of amides is 1. The molecule has 1 aliphatic rings. The van der Waals surface area contributed by atoms with Gasteiger partial charge >= 0.3 is 0 Å². The molecule has 4 aromatic rings. The molecular formula is C26H20IN3O3. The predicted octanol–water partition coefficient (Wildman–Crippen LogP) is 4.91. The fourth-order valence-corrected chi connectivity index (χ4v) is 4.63. The van der Waals surface area contributed by atoms with E-state index in [1.54, 1.807) is 34.8 Å². The fourth-order valence-electron chi connectivity index (χ4n) is 4.14. The first-order valence-corrected chi connectivity index (χ1v) is 11.6. The Morgan fingerprint density at radius 1 is 1.03 bits per heavy atom. The molecule has 7 heteroatoms. The molecule has 1 amide bonds. The number of methoxy groups -OCH3 is 1. The lowest BCUT2D eigenvalue weighted by atomic mass is 10.1. The van der Waals surface area contributed by atoms with Crippen LogP contribution in [0.25, 0.3) is 28.2 Å². The van der Waals surface area contributed by atoms with Crippen LogP contribution in [-0.4, -0.2) is 29.1 Å². The number of anilines is 1. The van der Waals surface area contributed by atoms with Gasteiger partial charge in [-0.3, -0.25) is 14.2 Å². The summed E-state index contributed by atoms with van der Waals surface area (Å²) >= 11 is 2.18. The molecule has 2 heterocycles. The van der Waals surface area contributed by atoms with Crippen LogP contribution in [0.15, 0.2) is 71.5 Å². The molecule has 0 spiro atoms. The summed E-state index contributed by atoms with van der Waals surface area (Å²) < 4.78 is 7.77. The number of carbonyl (C=O) groups excluding carboxylic acids is 1. The summed E-state index contributed by atoms with van der Waals surface area (Å²) in [4.78, 5) is 33.4. The zero-order valence-electron chi connectivity index (χ0n) is 18.1. The highest BCUT2D eigenvalue weighted by molar-refractivity contribution is 14.1. The van der Waals surface area contributed by atoms with E-state index in [0.717, 1.165) is 14.8 Å². The average Bonchev–Trinajstić information content (AvgIpc) is 3.10. The fraction of sp³-hybridized carbons (Fsp3) is 0.115. The van der Waals surface area contributed by atoms with Crippen LogP contribution in [0.1, 0.15) is 18.3 Å². The molecule has 1 aromatic heterocycles. The van der Waals surface area contributed by atoms with E-state index in [-0.39, 0.29) is 11.5 Å². The first-order chi connectivity index (χ1) is 16.0. The molecule has 33 heavy (non-hydrogen) atoms. The molecule has 0 unspecified atom stereocenters. The molecule has 5 rings (SSSR count). The summed E-state index contributed by atoms with van der Waals surface area (Å²) in [6.07, 6.45) is 1.72. The second kappa shape index (κ2) is 8.47. The van der Waals surface area contributed by atoms with Crippen LogP contribution < -0.4 is 15.2 Å². The average molecular weight is 549 g/mol. The maximum absolute atomic E-state index is 13.6. The van der Waals surface area contributed by atoms with Gasteiger partial charge in [0, 0.05) is 15.7 Å². The van der Waals surface area contributed by atoms with Gasteiger partial charge in [-0.05, 0) is 84.1 Å². The van der Waals surface area contributed by atoms with E-state index in [9.17, 15) is 9.59 Å². The number of halogens is 1. The minimum atomic E-state index is -0.193. The zero-order chi connectivity index (χ0) is 23.1. The molecule has 0 N–H and O–H groups in total. The number of hydrogen-bond donors (Lipinski definition) is 0. The Balaban J connectivity index is 1.80. The molecule has 0 saturated carbocycles. The maximum atomic E-state index is 13.6. The molecule has 1 aliphatic heterocycles. The van der Waals surface area contributed by atoms with Gasteiger partial charge < -0.3 is 9.64 Å². The smallest absolute Gasteiger partial charge is 0.266 e. The number of fused-ring (bicyclic) bond motifs is 2. The van der Waals surface area contributed by atoms with Crippen LogP contribution in [0.5, 0.6) is 5.75 Å².